The van der Waals surface area contributed by atoms with Crippen LogP contribution < -0.4 is 20.1 Å². The van der Waals surface area contributed by atoms with Crippen molar-refractivity contribution in [3.8, 4) is 5.75 Å². The highest BCUT2D eigenvalue weighted by atomic mass is 32.2. The third kappa shape index (κ3) is 6.55. The van der Waals surface area contributed by atoms with Gasteiger partial charge >= 0.3 is 6.03 Å². The summed E-state index contributed by atoms with van der Waals surface area (Å²) in [4.78, 5) is 16.0. The molecule has 0 fully saturated rings. The van der Waals surface area contributed by atoms with Crippen LogP contribution in [0.15, 0.2) is 30.3 Å². The summed E-state index contributed by atoms with van der Waals surface area (Å²) in [5.74, 6) is 0.667. The fraction of sp³-hybridized carbons (Fsp3) is 0.375. The normalized spacial score (nSPS) is 11.3. The molecule has 0 bridgehead atoms. The van der Waals surface area contributed by atoms with E-state index >= 15 is 0 Å². The molecule has 0 saturated heterocycles. The van der Waals surface area contributed by atoms with Crippen molar-refractivity contribution in [1.29, 1.82) is 0 Å². The van der Waals surface area contributed by atoms with Gasteiger partial charge in [-0.05, 0) is 19.1 Å². The lowest BCUT2D eigenvalue weighted by Crippen LogP contribution is -2.41. The van der Waals surface area contributed by atoms with Gasteiger partial charge in [-0.3, -0.25) is 0 Å². The minimum Gasteiger partial charge on any atom is -0.489 e. The summed E-state index contributed by atoms with van der Waals surface area (Å²) in [6.07, 6.45) is 1.06. The molecule has 9 heteroatoms. The number of hydrogen-bond donors (Lipinski definition) is 3. The Hall–Kier alpha value is -2.39. The van der Waals surface area contributed by atoms with Crippen LogP contribution in [0, 0.1) is 6.92 Å². The molecular formula is C16H22N4O4S. The van der Waals surface area contributed by atoms with E-state index in [1.807, 2.05) is 37.3 Å². The van der Waals surface area contributed by atoms with Crippen LogP contribution in [0.4, 0.5) is 4.79 Å². The first-order chi connectivity index (χ1) is 11.8. The zero-order valence-electron chi connectivity index (χ0n) is 14.2. The van der Waals surface area contributed by atoms with Gasteiger partial charge in [0.05, 0.1) is 12.8 Å². The maximum Gasteiger partial charge on any atom is 0.314 e. The third-order valence-corrected chi connectivity index (χ3v) is 3.97. The molecule has 0 atom stereocenters. The maximum atomic E-state index is 11.6. The Labute approximate surface area is 147 Å². The molecule has 0 aliphatic carbocycles. The number of aromatic nitrogens is 1. The molecule has 0 unspecified atom stereocenters. The summed E-state index contributed by atoms with van der Waals surface area (Å²) >= 11 is 0. The summed E-state index contributed by atoms with van der Waals surface area (Å²) in [6, 6.07) is 9.24. The van der Waals surface area contributed by atoms with Gasteiger partial charge in [-0.25, -0.2) is 22.9 Å². The number of nitrogens with zero attached hydrogens (tertiary/aromatic N) is 1. The number of rotatable bonds is 8. The first-order valence-corrected chi connectivity index (χ1v) is 9.70. The van der Waals surface area contributed by atoms with E-state index in [0.717, 1.165) is 22.9 Å². The van der Waals surface area contributed by atoms with Crippen molar-refractivity contribution in [2.24, 2.45) is 0 Å². The SMILES string of the molecule is Cc1ccc2cccc(OCCNC(=O)NCCNS(C)(=O)=O)c2n1. The number of ether oxygens (including phenoxy) is 1. The van der Waals surface area contributed by atoms with Crippen molar-refractivity contribution in [3.63, 3.8) is 0 Å². The molecule has 0 aliphatic heterocycles. The zero-order chi connectivity index (χ0) is 18.3. The van der Waals surface area contributed by atoms with Gasteiger partial charge in [0.25, 0.3) is 0 Å². The minimum absolute atomic E-state index is 0.143. The van der Waals surface area contributed by atoms with Crippen molar-refractivity contribution < 1.29 is 17.9 Å². The second-order valence-corrected chi connectivity index (χ2v) is 7.31. The quantitative estimate of drug-likeness (QED) is 0.598. The highest BCUT2D eigenvalue weighted by Gasteiger charge is 2.05. The van der Waals surface area contributed by atoms with E-state index in [4.69, 9.17) is 4.74 Å². The van der Waals surface area contributed by atoms with Gasteiger partial charge in [-0.15, -0.1) is 0 Å². The van der Waals surface area contributed by atoms with Gasteiger partial charge in [0, 0.05) is 24.2 Å². The summed E-state index contributed by atoms with van der Waals surface area (Å²) in [5.41, 5.74) is 1.70. The Kier molecular flexibility index (Phi) is 6.54. The molecule has 2 amide bonds. The maximum absolute atomic E-state index is 11.6. The number of hydrogen-bond acceptors (Lipinski definition) is 5. The second kappa shape index (κ2) is 8.63. The van der Waals surface area contributed by atoms with Crippen molar-refractivity contribution >= 4 is 27.0 Å². The Morgan fingerprint density at radius 1 is 1.12 bits per heavy atom. The van der Waals surface area contributed by atoms with Crippen LogP contribution in [-0.2, 0) is 10.0 Å². The van der Waals surface area contributed by atoms with Gasteiger partial charge in [0.15, 0.2) is 0 Å². The molecule has 0 aliphatic rings. The number of carbonyl (C=O) groups excluding carboxylic acids is 1. The number of nitrogens with one attached hydrogen (secondary N) is 3. The number of carbonyl (C=O) groups is 1. The molecular weight excluding hydrogens is 344 g/mol. The topological polar surface area (TPSA) is 109 Å². The van der Waals surface area contributed by atoms with Gasteiger partial charge in [0.2, 0.25) is 10.0 Å². The highest BCUT2D eigenvalue weighted by Crippen LogP contribution is 2.23. The molecule has 0 spiro atoms. The Balaban J connectivity index is 1.73. The lowest BCUT2D eigenvalue weighted by Gasteiger charge is -2.11. The van der Waals surface area contributed by atoms with Crippen LogP contribution in [0.3, 0.4) is 0 Å². The van der Waals surface area contributed by atoms with Crippen LogP contribution in [-0.4, -0.2) is 51.9 Å². The van der Waals surface area contributed by atoms with E-state index in [9.17, 15) is 13.2 Å². The van der Waals surface area contributed by atoms with Crippen LogP contribution in [0.5, 0.6) is 5.75 Å². The highest BCUT2D eigenvalue weighted by molar-refractivity contribution is 7.88. The molecule has 25 heavy (non-hydrogen) atoms. The van der Waals surface area contributed by atoms with E-state index in [0.29, 0.717) is 18.9 Å². The molecule has 1 aromatic heterocycles. The van der Waals surface area contributed by atoms with Crippen molar-refractivity contribution in [1.82, 2.24) is 20.3 Å². The summed E-state index contributed by atoms with van der Waals surface area (Å²) in [5, 5.41) is 6.18. The standard InChI is InChI=1S/C16H22N4O4S/c1-12-6-7-13-4-3-5-14(15(13)20-12)24-11-10-18-16(21)17-8-9-19-25(2,22)23/h3-7,19H,8-11H2,1-2H3,(H2,17,18,21). The lowest BCUT2D eigenvalue weighted by atomic mass is 10.2. The average molecular weight is 366 g/mol. The Bertz CT molecular complexity index is 839. The average Bonchev–Trinajstić information content (AvgIpc) is 2.55. The van der Waals surface area contributed by atoms with E-state index in [-0.39, 0.29) is 19.1 Å². The van der Waals surface area contributed by atoms with Crippen molar-refractivity contribution in [2.75, 3.05) is 32.5 Å². The molecule has 0 radical (unpaired) electrons. The predicted molar refractivity (Wildman–Crippen MR) is 96.2 cm³/mol. The molecule has 3 N–H and O–H groups in total. The van der Waals surface area contributed by atoms with Crippen LogP contribution in [0.25, 0.3) is 10.9 Å². The van der Waals surface area contributed by atoms with Gasteiger partial charge in [-0.1, -0.05) is 18.2 Å². The Morgan fingerprint density at radius 2 is 1.88 bits per heavy atom. The van der Waals surface area contributed by atoms with E-state index < -0.39 is 10.0 Å². The van der Waals surface area contributed by atoms with Crippen LogP contribution in [0.1, 0.15) is 5.69 Å². The molecule has 136 valence electrons. The van der Waals surface area contributed by atoms with E-state index in [1.54, 1.807) is 0 Å². The molecule has 8 nitrogen and oxygen atoms in total. The molecule has 2 rings (SSSR count). The fourth-order valence-corrected chi connectivity index (χ4v) is 2.61. The molecule has 1 heterocycles. The summed E-state index contributed by atoms with van der Waals surface area (Å²) in [7, 11) is -3.24. The first-order valence-electron chi connectivity index (χ1n) is 7.81. The first kappa shape index (κ1) is 18.9. The number of aryl methyl sites for hydroxylation is 1. The van der Waals surface area contributed by atoms with Crippen molar-refractivity contribution in [3.05, 3.63) is 36.0 Å². The predicted octanol–water partition coefficient (Wildman–Crippen LogP) is 0.770. The molecule has 2 aromatic rings. The third-order valence-electron chi connectivity index (χ3n) is 3.24. The van der Waals surface area contributed by atoms with Crippen molar-refractivity contribution in [2.45, 2.75) is 6.92 Å². The zero-order valence-corrected chi connectivity index (χ0v) is 15.0. The number of fused-ring (bicyclic) bond motifs is 1. The number of benzene rings is 1. The van der Waals surface area contributed by atoms with Gasteiger partial charge < -0.3 is 15.4 Å². The second-order valence-electron chi connectivity index (χ2n) is 5.48. The number of sulfonamides is 1. The monoisotopic (exact) mass is 366 g/mol. The lowest BCUT2D eigenvalue weighted by molar-refractivity contribution is 0.237. The smallest absolute Gasteiger partial charge is 0.314 e. The largest absolute Gasteiger partial charge is 0.489 e. The minimum atomic E-state index is -3.24. The number of pyridine rings is 1. The van der Waals surface area contributed by atoms with Gasteiger partial charge in [0.1, 0.15) is 17.9 Å². The fourth-order valence-electron chi connectivity index (χ4n) is 2.13. The van der Waals surface area contributed by atoms with E-state index in [1.165, 1.54) is 0 Å². The van der Waals surface area contributed by atoms with Gasteiger partial charge in [-0.2, -0.15) is 0 Å². The number of amides is 2. The summed E-state index contributed by atoms with van der Waals surface area (Å²) in [6.45, 7) is 2.87. The van der Waals surface area contributed by atoms with E-state index in [2.05, 4.69) is 20.3 Å². The number of para-hydroxylation sites is 1. The molecule has 1 aromatic carbocycles. The summed E-state index contributed by atoms with van der Waals surface area (Å²) < 4.78 is 29.7. The van der Waals surface area contributed by atoms with Crippen LogP contribution in [0.2, 0.25) is 0 Å². The Morgan fingerprint density at radius 3 is 2.64 bits per heavy atom. The number of urea groups is 1. The molecule has 0 saturated carbocycles. The van der Waals surface area contributed by atoms with Crippen LogP contribution >= 0.6 is 0 Å².